The minimum Gasteiger partial charge on any atom is -0.480 e. The molecule has 1 fully saturated rings. The van der Waals surface area contributed by atoms with E-state index in [-0.39, 0.29) is 5.82 Å². The minimum atomic E-state index is -0.875. The third-order valence-corrected chi connectivity index (χ3v) is 3.92. The molecule has 5 heteroatoms. The maximum Gasteiger partial charge on any atom is 0.320 e. The number of carboxylic acids is 1. The van der Waals surface area contributed by atoms with Crippen LogP contribution in [0.2, 0.25) is 0 Å². The number of likely N-dealkylation sites (tertiary alicyclic amines) is 1. The highest BCUT2D eigenvalue weighted by Gasteiger charge is 2.38. The zero-order chi connectivity index (χ0) is 14.8. The van der Waals surface area contributed by atoms with E-state index in [1.807, 2.05) is 0 Å². The zero-order valence-electron chi connectivity index (χ0n) is 11.4. The smallest absolute Gasteiger partial charge is 0.320 e. The quantitative estimate of drug-likeness (QED) is 0.940. The van der Waals surface area contributed by atoms with Crippen LogP contribution >= 0.6 is 0 Å². The summed E-state index contributed by atoms with van der Waals surface area (Å²) < 4.78 is 19.6. The van der Waals surface area contributed by atoms with Gasteiger partial charge in [0.25, 0.3) is 0 Å². The number of hydrogen-bond donors (Lipinski definition) is 1. The zero-order valence-corrected chi connectivity index (χ0v) is 11.4. The molecule has 1 saturated heterocycles. The van der Waals surface area contributed by atoms with Crippen molar-refractivity contribution in [3.8, 4) is 0 Å². The molecule has 110 valence electrons. The minimum absolute atomic E-state index is 0.352. The van der Waals surface area contributed by atoms with Crippen LogP contribution in [0.25, 0.3) is 0 Å². The Bertz CT molecular complexity index is 626. The van der Waals surface area contributed by atoms with Gasteiger partial charge in [-0.15, -0.1) is 0 Å². The number of halogens is 1. The van der Waals surface area contributed by atoms with E-state index in [0.717, 1.165) is 6.42 Å². The van der Waals surface area contributed by atoms with Crippen molar-refractivity contribution >= 4 is 5.97 Å². The Morgan fingerprint density at radius 1 is 1.33 bits per heavy atom. The summed E-state index contributed by atoms with van der Waals surface area (Å²) in [5.74, 6) is -0.663. The van der Waals surface area contributed by atoms with E-state index >= 15 is 0 Å². The van der Waals surface area contributed by atoms with Crippen molar-refractivity contribution < 1.29 is 18.7 Å². The molecule has 2 atom stereocenters. The maximum atomic E-state index is 14.2. The molecule has 0 aliphatic carbocycles. The number of nitrogens with zero attached hydrogens (tertiary/aromatic N) is 1. The molecule has 1 N–H and O–H groups in total. The standard InChI is InChI=1S/C16H16FNO3/c17-12-6-2-1-5-11(12)15(14-8-4-10-21-14)18-9-3-7-13(18)16(19)20/h1-2,4-6,8,10,13,15H,3,7,9H2,(H,19,20). The van der Waals surface area contributed by atoms with E-state index in [4.69, 9.17) is 4.42 Å². The van der Waals surface area contributed by atoms with Gasteiger partial charge < -0.3 is 9.52 Å². The summed E-state index contributed by atoms with van der Waals surface area (Å²) in [5.41, 5.74) is 0.445. The Balaban J connectivity index is 2.05. The van der Waals surface area contributed by atoms with Gasteiger partial charge in [-0.1, -0.05) is 18.2 Å². The van der Waals surface area contributed by atoms with Crippen LogP contribution < -0.4 is 0 Å². The average Bonchev–Trinajstić information content (AvgIpc) is 3.13. The molecule has 1 aromatic heterocycles. The van der Waals surface area contributed by atoms with Gasteiger partial charge in [-0.25, -0.2) is 4.39 Å². The van der Waals surface area contributed by atoms with Crippen LogP contribution in [0.15, 0.2) is 47.1 Å². The SMILES string of the molecule is O=C(O)C1CCCN1C(c1ccco1)c1ccccc1F. The third kappa shape index (κ3) is 2.56. The Kier molecular flexibility index (Phi) is 3.75. The molecule has 2 aromatic rings. The van der Waals surface area contributed by atoms with E-state index < -0.39 is 18.1 Å². The number of carboxylic acid groups (broad SMARTS) is 1. The number of carbonyl (C=O) groups is 1. The first-order valence-electron chi connectivity index (χ1n) is 6.95. The molecule has 0 spiro atoms. The van der Waals surface area contributed by atoms with E-state index in [1.54, 1.807) is 35.2 Å². The highest BCUT2D eigenvalue weighted by atomic mass is 19.1. The molecular weight excluding hydrogens is 273 g/mol. The fourth-order valence-corrected chi connectivity index (χ4v) is 3.00. The Labute approximate surface area is 121 Å². The van der Waals surface area contributed by atoms with Crippen LogP contribution in [-0.2, 0) is 4.79 Å². The summed E-state index contributed by atoms with van der Waals surface area (Å²) in [4.78, 5) is 13.2. The lowest BCUT2D eigenvalue weighted by Gasteiger charge is -2.30. The Morgan fingerprint density at radius 3 is 2.81 bits per heavy atom. The van der Waals surface area contributed by atoms with Gasteiger partial charge in [0.1, 0.15) is 17.6 Å². The number of benzene rings is 1. The third-order valence-electron chi connectivity index (χ3n) is 3.92. The first-order chi connectivity index (χ1) is 10.2. The summed E-state index contributed by atoms with van der Waals surface area (Å²) >= 11 is 0. The summed E-state index contributed by atoms with van der Waals surface area (Å²) in [6.45, 7) is 0.608. The van der Waals surface area contributed by atoms with E-state index in [2.05, 4.69) is 0 Å². The van der Waals surface area contributed by atoms with Crippen LogP contribution in [0.5, 0.6) is 0 Å². The molecule has 2 heterocycles. The molecule has 0 radical (unpaired) electrons. The number of hydrogen-bond acceptors (Lipinski definition) is 3. The van der Waals surface area contributed by atoms with Crippen LogP contribution in [0.1, 0.15) is 30.2 Å². The Morgan fingerprint density at radius 2 is 2.14 bits per heavy atom. The molecule has 0 bridgehead atoms. The van der Waals surface area contributed by atoms with Crippen LogP contribution in [-0.4, -0.2) is 28.6 Å². The van der Waals surface area contributed by atoms with Gasteiger partial charge in [0.05, 0.1) is 12.3 Å². The molecular formula is C16H16FNO3. The van der Waals surface area contributed by atoms with Crippen molar-refractivity contribution in [2.45, 2.75) is 24.9 Å². The highest BCUT2D eigenvalue weighted by molar-refractivity contribution is 5.74. The number of rotatable bonds is 4. The van der Waals surface area contributed by atoms with Crippen molar-refractivity contribution in [1.29, 1.82) is 0 Å². The molecule has 1 aromatic carbocycles. The first kappa shape index (κ1) is 13.8. The fourth-order valence-electron chi connectivity index (χ4n) is 3.00. The normalized spacial score (nSPS) is 20.5. The molecule has 2 unspecified atom stereocenters. The van der Waals surface area contributed by atoms with Crippen molar-refractivity contribution in [3.63, 3.8) is 0 Å². The monoisotopic (exact) mass is 289 g/mol. The van der Waals surface area contributed by atoms with Crippen molar-refractivity contribution in [2.75, 3.05) is 6.54 Å². The van der Waals surface area contributed by atoms with E-state index in [0.29, 0.717) is 24.3 Å². The summed E-state index contributed by atoms with van der Waals surface area (Å²) in [5, 5.41) is 9.38. The summed E-state index contributed by atoms with van der Waals surface area (Å²) in [6, 6.07) is 8.81. The van der Waals surface area contributed by atoms with Crippen LogP contribution in [0, 0.1) is 5.82 Å². The molecule has 0 amide bonds. The Hall–Kier alpha value is -2.14. The summed E-state index contributed by atoms with van der Waals surface area (Å²) in [7, 11) is 0. The fraction of sp³-hybridized carbons (Fsp3) is 0.312. The summed E-state index contributed by atoms with van der Waals surface area (Å²) in [6.07, 6.45) is 2.87. The molecule has 21 heavy (non-hydrogen) atoms. The highest BCUT2D eigenvalue weighted by Crippen LogP contribution is 2.36. The van der Waals surface area contributed by atoms with E-state index in [1.165, 1.54) is 12.3 Å². The predicted molar refractivity (Wildman–Crippen MR) is 74.3 cm³/mol. The number of furan rings is 1. The van der Waals surface area contributed by atoms with Gasteiger partial charge in [-0.3, -0.25) is 9.69 Å². The second-order valence-corrected chi connectivity index (χ2v) is 5.17. The van der Waals surface area contributed by atoms with Gasteiger partial charge in [0.2, 0.25) is 0 Å². The van der Waals surface area contributed by atoms with E-state index in [9.17, 15) is 14.3 Å². The average molecular weight is 289 g/mol. The lowest BCUT2D eigenvalue weighted by molar-refractivity contribution is -0.142. The molecule has 1 aliphatic rings. The lowest BCUT2D eigenvalue weighted by Crippen LogP contribution is -2.39. The van der Waals surface area contributed by atoms with Gasteiger partial charge >= 0.3 is 5.97 Å². The largest absolute Gasteiger partial charge is 0.480 e. The molecule has 4 nitrogen and oxygen atoms in total. The molecule has 3 rings (SSSR count). The van der Waals surface area contributed by atoms with Crippen molar-refractivity contribution in [2.24, 2.45) is 0 Å². The molecule has 1 aliphatic heterocycles. The maximum absolute atomic E-state index is 14.2. The van der Waals surface area contributed by atoms with Gasteiger partial charge in [0.15, 0.2) is 0 Å². The van der Waals surface area contributed by atoms with Crippen molar-refractivity contribution in [3.05, 3.63) is 59.8 Å². The second-order valence-electron chi connectivity index (χ2n) is 5.17. The predicted octanol–water partition coefficient (Wildman–Crippen LogP) is 3.06. The first-order valence-corrected chi connectivity index (χ1v) is 6.95. The van der Waals surface area contributed by atoms with Gasteiger partial charge in [0, 0.05) is 12.1 Å². The lowest BCUT2D eigenvalue weighted by atomic mass is 10.0. The number of aliphatic carboxylic acids is 1. The van der Waals surface area contributed by atoms with Crippen molar-refractivity contribution in [1.82, 2.24) is 4.90 Å². The topological polar surface area (TPSA) is 53.7 Å². The van der Waals surface area contributed by atoms with Crippen LogP contribution in [0.3, 0.4) is 0 Å². The van der Waals surface area contributed by atoms with Gasteiger partial charge in [-0.05, 0) is 31.0 Å². The second kappa shape index (κ2) is 5.69. The van der Waals surface area contributed by atoms with Gasteiger partial charge in [-0.2, -0.15) is 0 Å². The van der Waals surface area contributed by atoms with Crippen LogP contribution in [0.4, 0.5) is 4.39 Å². The molecule has 0 saturated carbocycles.